The normalized spacial score (nSPS) is 13.3. The van der Waals surface area contributed by atoms with Crippen LogP contribution in [-0.4, -0.2) is 27.8 Å². The molecule has 4 rings (SSSR count). The molecule has 0 radical (unpaired) electrons. The first-order chi connectivity index (χ1) is 12.7. The van der Waals surface area contributed by atoms with Gasteiger partial charge in [0.05, 0.1) is 13.2 Å². The Morgan fingerprint density at radius 2 is 2.31 bits per heavy atom. The standard InChI is InChI=1S/C17H16FN5O2S/c18-11-3-1-2-10(6-11)7-12-8-19-17(26-12)21-16(24)20-15-13-9-25-5-4-14(13)22-23-15/h1-3,6,8H,4-5,7,9H2,(H3,19,20,21,22,23,24). The zero-order valence-corrected chi connectivity index (χ0v) is 14.5. The quantitative estimate of drug-likeness (QED) is 0.654. The molecule has 0 fully saturated rings. The number of thiazole rings is 1. The molecule has 0 aliphatic carbocycles. The number of ether oxygens (including phenoxy) is 1. The van der Waals surface area contributed by atoms with Crippen LogP contribution in [0, 0.1) is 5.82 Å². The second-order valence-electron chi connectivity index (χ2n) is 5.85. The molecule has 2 amide bonds. The lowest BCUT2D eigenvalue weighted by Gasteiger charge is -2.12. The lowest BCUT2D eigenvalue weighted by atomic mass is 10.1. The second-order valence-corrected chi connectivity index (χ2v) is 6.96. The topological polar surface area (TPSA) is 91.9 Å². The highest BCUT2D eigenvalue weighted by atomic mass is 32.1. The summed E-state index contributed by atoms with van der Waals surface area (Å²) in [5.41, 5.74) is 2.71. The molecule has 0 spiro atoms. The SMILES string of the molecule is O=C(Nc1ncc(Cc2cccc(F)c2)s1)Nc1n[nH]c2c1COCC2. The number of urea groups is 1. The van der Waals surface area contributed by atoms with E-state index in [1.54, 1.807) is 12.3 Å². The first kappa shape index (κ1) is 16.7. The van der Waals surface area contributed by atoms with Gasteiger partial charge in [-0.1, -0.05) is 12.1 Å². The average Bonchev–Trinajstić information content (AvgIpc) is 3.22. The van der Waals surface area contributed by atoms with E-state index in [-0.39, 0.29) is 5.82 Å². The van der Waals surface area contributed by atoms with Gasteiger partial charge in [0.15, 0.2) is 10.9 Å². The minimum Gasteiger partial charge on any atom is -0.376 e. The van der Waals surface area contributed by atoms with Gasteiger partial charge in [0.2, 0.25) is 0 Å². The number of amides is 2. The highest BCUT2D eigenvalue weighted by molar-refractivity contribution is 7.15. The average molecular weight is 373 g/mol. The summed E-state index contributed by atoms with van der Waals surface area (Å²) in [5.74, 6) is 0.199. The molecule has 1 aliphatic rings. The number of H-pyrrole nitrogens is 1. The third kappa shape index (κ3) is 3.73. The summed E-state index contributed by atoms with van der Waals surface area (Å²) in [5, 5.41) is 12.9. The van der Waals surface area contributed by atoms with Gasteiger partial charge in [0.25, 0.3) is 0 Å². The van der Waals surface area contributed by atoms with Crippen molar-refractivity contribution in [3.8, 4) is 0 Å². The van der Waals surface area contributed by atoms with Gasteiger partial charge in [-0.2, -0.15) is 5.10 Å². The molecular weight excluding hydrogens is 357 g/mol. The second kappa shape index (κ2) is 7.22. The maximum atomic E-state index is 13.3. The van der Waals surface area contributed by atoms with Gasteiger partial charge >= 0.3 is 6.03 Å². The number of fused-ring (bicyclic) bond motifs is 1. The third-order valence-electron chi connectivity index (χ3n) is 3.97. The van der Waals surface area contributed by atoms with Crippen LogP contribution in [-0.2, 0) is 24.2 Å². The molecule has 0 saturated carbocycles. The van der Waals surface area contributed by atoms with Crippen molar-refractivity contribution < 1.29 is 13.9 Å². The minimum absolute atomic E-state index is 0.268. The summed E-state index contributed by atoms with van der Waals surface area (Å²) in [7, 11) is 0. The number of hydrogen-bond acceptors (Lipinski definition) is 5. The van der Waals surface area contributed by atoms with Crippen LogP contribution in [0.4, 0.5) is 20.1 Å². The van der Waals surface area contributed by atoms with Crippen LogP contribution < -0.4 is 10.6 Å². The van der Waals surface area contributed by atoms with Crippen LogP contribution in [0.3, 0.4) is 0 Å². The van der Waals surface area contributed by atoms with Gasteiger partial charge in [0.1, 0.15) is 5.82 Å². The Labute approximate surface area is 152 Å². The molecule has 9 heteroatoms. The number of anilines is 2. The molecule has 0 saturated heterocycles. The lowest BCUT2D eigenvalue weighted by Crippen LogP contribution is -2.21. The molecule has 7 nitrogen and oxygen atoms in total. The van der Waals surface area contributed by atoms with Crippen LogP contribution in [0.2, 0.25) is 0 Å². The van der Waals surface area contributed by atoms with E-state index in [0.717, 1.165) is 28.1 Å². The number of carbonyl (C=O) groups excluding carboxylic acids is 1. The number of nitrogens with one attached hydrogen (secondary N) is 3. The van der Waals surface area contributed by atoms with Gasteiger partial charge < -0.3 is 4.74 Å². The first-order valence-corrected chi connectivity index (χ1v) is 8.90. The predicted octanol–water partition coefficient (Wildman–Crippen LogP) is 3.31. The van der Waals surface area contributed by atoms with Gasteiger partial charge in [0, 0.05) is 35.2 Å². The first-order valence-electron chi connectivity index (χ1n) is 8.08. The Morgan fingerprint density at radius 3 is 3.19 bits per heavy atom. The molecule has 0 bridgehead atoms. The zero-order valence-electron chi connectivity index (χ0n) is 13.7. The van der Waals surface area contributed by atoms with Crippen molar-refractivity contribution in [2.45, 2.75) is 19.4 Å². The number of halogens is 1. The summed E-state index contributed by atoms with van der Waals surface area (Å²) < 4.78 is 18.6. The van der Waals surface area contributed by atoms with Crippen molar-refractivity contribution in [1.82, 2.24) is 15.2 Å². The highest BCUT2D eigenvalue weighted by Gasteiger charge is 2.19. The predicted molar refractivity (Wildman–Crippen MR) is 95.9 cm³/mol. The zero-order chi connectivity index (χ0) is 17.9. The highest BCUT2D eigenvalue weighted by Crippen LogP contribution is 2.24. The monoisotopic (exact) mass is 373 g/mol. The summed E-state index contributed by atoms with van der Waals surface area (Å²) in [4.78, 5) is 17.3. The molecule has 1 aliphatic heterocycles. The van der Waals surface area contributed by atoms with Crippen molar-refractivity contribution >= 4 is 28.3 Å². The van der Waals surface area contributed by atoms with E-state index in [1.165, 1.54) is 23.5 Å². The van der Waals surface area contributed by atoms with Crippen molar-refractivity contribution in [2.75, 3.05) is 17.2 Å². The fourth-order valence-corrected chi connectivity index (χ4v) is 3.59. The molecule has 0 atom stereocenters. The lowest BCUT2D eigenvalue weighted by molar-refractivity contribution is 0.110. The van der Waals surface area contributed by atoms with Gasteiger partial charge in [-0.05, 0) is 17.7 Å². The molecule has 3 N–H and O–H groups in total. The van der Waals surface area contributed by atoms with Crippen LogP contribution >= 0.6 is 11.3 Å². The summed E-state index contributed by atoms with van der Waals surface area (Å²) in [6.45, 7) is 1.07. The largest absolute Gasteiger partial charge is 0.376 e. The Morgan fingerprint density at radius 1 is 1.38 bits per heavy atom. The van der Waals surface area contributed by atoms with Crippen LogP contribution in [0.5, 0.6) is 0 Å². The van der Waals surface area contributed by atoms with Crippen LogP contribution in [0.1, 0.15) is 21.7 Å². The Bertz CT molecular complexity index is 939. The fraction of sp³-hybridized carbons (Fsp3) is 0.235. The van der Waals surface area contributed by atoms with Crippen molar-refractivity contribution in [3.63, 3.8) is 0 Å². The number of carbonyl (C=O) groups is 1. The van der Waals surface area contributed by atoms with E-state index in [4.69, 9.17) is 4.74 Å². The van der Waals surface area contributed by atoms with E-state index < -0.39 is 6.03 Å². The number of benzene rings is 1. The Balaban J connectivity index is 1.38. The van der Waals surface area contributed by atoms with Gasteiger partial charge in [-0.15, -0.1) is 11.3 Å². The molecule has 2 aromatic heterocycles. The van der Waals surface area contributed by atoms with E-state index in [2.05, 4.69) is 25.8 Å². The Hall–Kier alpha value is -2.78. The van der Waals surface area contributed by atoms with Crippen molar-refractivity contribution in [2.24, 2.45) is 0 Å². The fourth-order valence-electron chi connectivity index (χ4n) is 2.75. The molecular formula is C17H16FN5O2S. The summed E-state index contributed by atoms with van der Waals surface area (Å²) in [6.07, 6.45) is 2.99. The van der Waals surface area contributed by atoms with E-state index in [1.807, 2.05) is 6.07 Å². The van der Waals surface area contributed by atoms with E-state index in [0.29, 0.717) is 30.6 Å². The number of hydrogen-bond donors (Lipinski definition) is 3. The number of aromatic nitrogens is 3. The number of rotatable bonds is 4. The molecule has 3 aromatic rings. The maximum absolute atomic E-state index is 13.3. The van der Waals surface area contributed by atoms with Crippen molar-refractivity contribution in [3.05, 3.63) is 58.0 Å². The van der Waals surface area contributed by atoms with Gasteiger partial charge in [-0.3, -0.25) is 15.7 Å². The van der Waals surface area contributed by atoms with Gasteiger partial charge in [-0.25, -0.2) is 14.2 Å². The molecule has 26 heavy (non-hydrogen) atoms. The smallest absolute Gasteiger partial charge is 0.326 e. The summed E-state index contributed by atoms with van der Waals surface area (Å²) in [6, 6.07) is 6.00. The molecule has 1 aromatic carbocycles. The van der Waals surface area contributed by atoms with Crippen LogP contribution in [0.25, 0.3) is 0 Å². The van der Waals surface area contributed by atoms with Crippen molar-refractivity contribution in [1.29, 1.82) is 0 Å². The third-order valence-corrected chi connectivity index (χ3v) is 4.88. The summed E-state index contributed by atoms with van der Waals surface area (Å²) >= 11 is 1.34. The van der Waals surface area contributed by atoms with E-state index >= 15 is 0 Å². The molecule has 0 unspecified atom stereocenters. The molecule has 134 valence electrons. The maximum Gasteiger partial charge on any atom is 0.326 e. The van der Waals surface area contributed by atoms with Crippen LogP contribution in [0.15, 0.2) is 30.5 Å². The Kier molecular flexibility index (Phi) is 4.63. The number of aromatic amines is 1. The molecule has 3 heterocycles. The minimum atomic E-state index is -0.420. The number of nitrogens with zero attached hydrogens (tertiary/aromatic N) is 2. The van der Waals surface area contributed by atoms with E-state index in [9.17, 15) is 9.18 Å².